The van der Waals surface area contributed by atoms with Crippen LogP contribution in [0.2, 0.25) is 5.02 Å². The minimum Gasteiger partial charge on any atom is -0.492 e. The molecule has 2 rings (SSSR count). The molecule has 0 aliphatic heterocycles. The van der Waals surface area contributed by atoms with Crippen molar-refractivity contribution in [3.05, 3.63) is 47.5 Å². The fraction of sp³-hybridized carbons (Fsp3) is 0.333. The maximum atomic E-state index is 13.0. The molecule has 154 valence electrons. The molecule has 0 spiro atoms. The standard InChI is InChI=1S/C18H23ClN2O5S2/c1-4-21(5-2)28(24,25)18-13-14(11-12-16(18)26-6-3)20-27(22,23)17-10-8-7-9-15(17)19/h7-13,20H,4-6H2,1-3H3. The number of nitrogens with zero attached hydrogens (tertiary/aromatic N) is 1. The Balaban J connectivity index is 2.52. The number of anilines is 1. The molecule has 2 aromatic carbocycles. The van der Waals surface area contributed by atoms with Gasteiger partial charge in [-0.2, -0.15) is 4.31 Å². The van der Waals surface area contributed by atoms with Gasteiger partial charge in [0, 0.05) is 13.1 Å². The second kappa shape index (κ2) is 9.13. The van der Waals surface area contributed by atoms with Crippen LogP contribution in [0.15, 0.2) is 52.3 Å². The third-order valence-corrected chi connectivity index (χ3v) is 7.90. The normalized spacial score (nSPS) is 12.2. The number of benzene rings is 2. The van der Waals surface area contributed by atoms with Crippen molar-refractivity contribution in [2.24, 2.45) is 0 Å². The molecule has 1 N–H and O–H groups in total. The topological polar surface area (TPSA) is 92.8 Å². The maximum Gasteiger partial charge on any atom is 0.263 e. The molecule has 10 heteroatoms. The summed E-state index contributed by atoms with van der Waals surface area (Å²) in [5.74, 6) is 0.162. The zero-order valence-corrected chi connectivity index (χ0v) is 18.2. The van der Waals surface area contributed by atoms with E-state index < -0.39 is 20.0 Å². The monoisotopic (exact) mass is 446 g/mol. The lowest BCUT2D eigenvalue weighted by atomic mass is 10.3. The Morgan fingerprint density at radius 2 is 1.61 bits per heavy atom. The molecule has 0 unspecified atom stereocenters. The fourth-order valence-electron chi connectivity index (χ4n) is 2.62. The number of sulfonamides is 2. The Bertz CT molecular complexity index is 1040. The quantitative estimate of drug-likeness (QED) is 0.635. The van der Waals surface area contributed by atoms with Crippen molar-refractivity contribution in [2.75, 3.05) is 24.4 Å². The zero-order chi connectivity index (χ0) is 20.9. The summed E-state index contributed by atoms with van der Waals surface area (Å²) in [4.78, 5) is -0.198. The van der Waals surface area contributed by atoms with E-state index in [2.05, 4.69) is 4.72 Å². The highest BCUT2D eigenvalue weighted by Gasteiger charge is 2.27. The molecule has 28 heavy (non-hydrogen) atoms. The van der Waals surface area contributed by atoms with Crippen LogP contribution in [0.25, 0.3) is 0 Å². The van der Waals surface area contributed by atoms with E-state index in [1.54, 1.807) is 32.9 Å². The predicted octanol–water partition coefficient (Wildman–Crippen LogP) is 3.57. The molecule has 0 amide bonds. The summed E-state index contributed by atoms with van der Waals surface area (Å²) in [6.07, 6.45) is 0. The Morgan fingerprint density at radius 3 is 2.18 bits per heavy atom. The molecule has 0 radical (unpaired) electrons. The van der Waals surface area contributed by atoms with Crippen molar-refractivity contribution in [3.63, 3.8) is 0 Å². The molecule has 0 saturated carbocycles. The van der Waals surface area contributed by atoms with Gasteiger partial charge in [-0.15, -0.1) is 0 Å². The van der Waals surface area contributed by atoms with Gasteiger partial charge in [0.15, 0.2) is 0 Å². The molecule has 2 aromatic rings. The molecule has 7 nitrogen and oxygen atoms in total. The number of halogens is 1. The summed E-state index contributed by atoms with van der Waals surface area (Å²) in [6, 6.07) is 10.1. The van der Waals surface area contributed by atoms with Gasteiger partial charge in [0.2, 0.25) is 10.0 Å². The molecule has 0 fully saturated rings. The molecule has 0 bridgehead atoms. The SMILES string of the molecule is CCOc1ccc(NS(=O)(=O)c2ccccc2Cl)cc1S(=O)(=O)N(CC)CC. The van der Waals surface area contributed by atoms with Gasteiger partial charge < -0.3 is 4.74 Å². The largest absolute Gasteiger partial charge is 0.492 e. The van der Waals surface area contributed by atoms with E-state index in [9.17, 15) is 16.8 Å². The number of hydrogen-bond acceptors (Lipinski definition) is 5. The molecule has 0 saturated heterocycles. The second-order valence-corrected chi connectivity index (χ2v) is 9.68. The van der Waals surface area contributed by atoms with Crippen LogP contribution in [0.3, 0.4) is 0 Å². The van der Waals surface area contributed by atoms with Crippen LogP contribution in [0.1, 0.15) is 20.8 Å². The van der Waals surface area contributed by atoms with Crippen LogP contribution in [-0.4, -0.2) is 40.8 Å². The lowest BCUT2D eigenvalue weighted by Gasteiger charge is -2.21. The molecule has 0 aliphatic rings. The molecule has 0 aliphatic carbocycles. The van der Waals surface area contributed by atoms with Crippen molar-refractivity contribution >= 4 is 37.3 Å². The number of hydrogen-bond donors (Lipinski definition) is 1. The predicted molar refractivity (Wildman–Crippen MR) is 110 cm³/mol. The minimum absolute atomic E-state index is 0.0666. The molecule has 0 aromatic heterocycles. The first kappa shape index (κ1) is 22.5. The van der Waals surface area contributed by atoms with E-state index >= 15 is 0 Å². The molecule has 0 atom stereocenters. The summed E-state index contributed by atoms with van der Waals surface area (Å²) in [5.41, 5.74) is 0.0918. The second-order valence-electron chi connectivity index (χ2n) is 5.72. The van der Waals surface area contributed by atoms with Gasteiger partial charge in [0.1, 0.15) is 15.5 Å². The highest BCUT2D eigenvalue weighted by molar-refractivity contribution is 7.93. The maximum absolute atomic E-state index is 13.0. The lowest BCUT2D eigenvalue weighted by Crippen LogP contribution is -2.31. The van der Waals surface area contributed by atoms with Crippen molar-refractivity contribution in [2.45, 2.75) is 30.6 Å². The minimum atomic E-state index is -3.99. The van der Waals surface area contributed by atoms with Crippen molar-refractivity contribution < 1.29 is 21.6 Å². The summed E-state index contributed by atoms with van der Waals surface area (Å²) in [7, 11) is -7.85. The van der Waals surface area contributed by atoms with E-state index in [4.69, 9.17) is 16.3 Å². The van der Waals surface area contributed by atoms with Crippen LogP contribution in [0.5, 0.6) is 5.75 Å². The van der Waals surface area contributed by atoms with Gasteiger partial charge in [-0.05, 0) is 37.3 Å². The first-order valence-corrected chi connectivity index (χ1v) is 12.0. The van der Waals surface area contributed by atoms with E-state index in [0.29, 0.717) is 0 Å². The van der Waals surface area contributed by atoms with E-state index in [-0.39, 0.29) is 45.9 Å². The van der Waals surface area contributed by atoms with Crippen molar-refractivity contribution in [1.29, 1.82) is 0 Å². The summed E-state index contributed by atoms with van der Waals surface area (Å²) in [6.45, 7) is 6.02. The average molecular weight is 447 g/mol. The number of rotatable bonds is 9. The fourth-order valence-corrected chi connectivity index (χ4v) is 5.81. The summed E-state index contributed by atoms with van der Waals surface area (Å²) < 4.78 is 60.4. The molecular formula is C18H23ClN2O5S2. The average Bonchev–Trinajstić information content (AvgIpc) is 2.64. The molecule has 0 heterocycles. The highest BCUT2D eigenvalue weighted by atomic mass is 35.5. The first-order valence-electron chi connectivity index (χ1n) is 8.71. The Hall–Kier alpha value is -1.81. The van der Waals surface area contributed by atoms with E-state index in [1.165, 1.54) is 34.6 Å². The van der Waals surface area contributed by atoms with Gasteiger partial charge in [-0.3, -0.25) is 4.72 Å². The van der Waals surface area contributed by atoms with Crippen LogP contribution in [0.4, 0.5) is 5.69 Å². The van der Waals surface area contributed by atoms with E-state index in [1.807, 2.05) is 0 Å². The lowest BCUT2D eigenvalue weighted by molar-refractivity contribution is 0.329. The van der Waals surface area contributed by atoms with Gasteiger partial charge in [-0.25, -0.2) is 16.8 Å². The van der Waals surface area contributed by atoms with Gasteiger partial charge in [0.05, 0.1) is 17.3 Å². The Morgan fingerprint density at radius 1 is 0.964 bits per heavy atom. The van der Waals surface area contributed by atoms with E-state index in [0.717, 1.165) is 0 Å². The smallest absolute Gasteiger partial charge is 0.263 e. The number of ether oxygens (including phenoxy) is 1. The summed E-state index contributed by atoms with van der Waals surface area (Å²) >= 11 is 5.98. The Kier molecular flexibility index (Phi) is 7.33. The summed E-state index contributed by atoms with van der Waals surface area (Å²) in [5, 5.41) is 0.0666. The van der Waals surface area contributed by atoms with Crippen LogP contribution in [0, 0.1) is 0 Å². The van der Waals surface area contributed by atoms with Gasteiger partial charge in [0.25, 0.3) is 10.0 Å². The van der Waals surface area contributed by atoms with Crippen LogP contribution >= 0.6 is 11.6 Å². The third-order valence-electron chi connectivity index (χ3n) is 3.95. The zero-order valence-electron chi connectivity index (χ0n) is 15.8. The van der Waals surface area contributed by atoms with Crippen LogP contribution < -0.4 is 9.46 Å². The Labute approximate surface area is 171 Å². The van der Waals surface area contributed by atoms with Crippen molar-refractivity contribution in [3.8, 4) is 5.75 Å². The number of nitrogens with one attached hydrogen (secondary N) is 1. The third kappa shape index (κ3) is 4.78. The van der Waals surface area contributed by atoms with Crippen LogP contribution in [-0.2, 0) is 20.0 Å². The van der Waals surface area contributed by atoms with Gasteiger partial charge in [-0.1, -0.05) is 37.6 Å². The van der Waals surface area contributed by atoms with Gasteiger partial charge >= 0.3 is 0 Å². The first-order chi connectivity index (χ1) is 13.2. The molecular weight excluding hydrogens is 424 g/mol. The van der Waals surface area contributed by atoms with Crippen molar-refractivity contribution in [1.82, 2.24) is 4.31 Å². The highest BCUT2D eigenvalue weighted by Crippen LogP contribution is 2.31.